The van der Waals surface area contributed by atoms with Crippen molar-refractivity contribution in [3.05, 3.63) is 81.0 Å². The smallest absolute Gasteiger partial charge is 1.00 e. The summed E-state index contributed by atoms with van der Waals surface area (Å²) >= 11 is 1.63. The summed E-state index contributed by atoms with van der Waals surface area (Å²) < 4.78 is 0. The molecule has 0 saturated carbocycles. The number of para-hydroxylation sites is 2. The summed E-state index contributed by atoms with van der Waals surface area (Å²) in [5.74, 6) is 0.420. The zero-order valence-corrected chi connectivity index (χ0v) is 17.7. The molecule has 0 radical (unpaired) electrons. The predicted octanol–water partition coefficient (Wildman–Crippen LogP) is -1.04. The van der Waals surface area contributed by atoms with Crippen molar-refractivity contribution in [2.24, 2.45) is 0 Å². The zero-order valence-electron chi connectivity index (χ0n) is 13.8. The van der Waals surface area contributed by atoms with Crippen molar-refractivity contribution in [2.75, 3.05) is 0 Å². The normalized spacial score (nSPS) is 9.72. The van der Waals surface area contributed by atoms with Crippen LogP contribution in [-0.2, 0) is 21.7 Å². The first-order valence-corrected chi connectivity index (χ1v) is 8.08. The largest absolute Gasteiger partial charge is 2.00 e. The fourth-order valence-corrected chi connectivity index (χ4v) is 3.62. The van der Waals surface area contributed by atoms with Gasteiger partial charge in [-0.15, -0.1) is 11.3 Å². The van der Waals surface area contributed by atoms with E-state index in [1.165, 1.54) is 0 Å². The van der Waals surface area contributed by atoms with Gasteiger partial charge >= 0.3 is 21.7 Å². The number of hydrogen-bond acceptors (Lipinski definition) is 3. The average molecular weight is 429 g/mol. The summed E-state index contributed by atoms with van der Waals surface area (Å²) in [5, 5.41) is 23.0. The SMILES string of the molecule is Cc1cccc(C(c2cccs2)c2cccc(C)c2O)c1O.[Cl-].[Cl-].[Ti+2]. The Kier molecular flexibility index (Phi) is 9.85. The number of halogens is 2. The Labute approximate surface area is 179 Å². The van der Waals surface area contributed by atoms with Crippen LogP contribution in [0.5, 0.6) is 11.5 Å². The van der Waals surface area contributed by atoms with Crippen molar-refractivity contribution in [3.63, 3.8) is 0 Å². The van der Waals surface area contributed by atoms with Crippen molar-refractivity contribution in [3.8, 4) is 11.5 Å². The summed E-state index contributed by atoms with van der Waals surface area (Å²) in [6, 6.07) is 15.5. The van der Waals surface area contributed by atoms with Crippen LogP contribution >= 0.6 is 11.3 Å². The number of thiophene rings is 1. The van der Waals surface area contributed by atoms with Gasteiger partial charge in [-0.3, -0.25) is 0 Å². The first kappa shape index (κ1) is 24.0. The molecule has 3 aromatic rings. The average Bonchev–Trinajstić information content (AvgIpc) is 3.02. The monoisotopic (exact) mass is 428 g/mol. The molecule has 2 nitrogen and oxygen atoms in total. The molecule has 1 heterocycles. The Hall–Kier alpha value is -0.966. The second-order valence-electron chi connectivity index (χ2n) is 5.47. The Morgan fingerprint density at radius 3 is 1.64 bits per heavy atom. The van der Waals surface area contributed by atoms with E-state index in [-0.39, 0.29) is 52.4 Å². The second-order valence-corrected chi connectivity index (χ2v) is 6.45. The third-order valence-corrected chi connectivity index (χ3v) is 4.92. The van der Waals surface area contributed by atoms with Gasteiger partial charge in [-0.1, -0.05) is 42.5 Å². The van der Waals surface area contributed by atoms with Gasteiger partial charge in [-0.2, -0.15) is 0 Å². The molecule has 0 fully saturated rings. The molecule has 130 valence electrons. The maximum Gasteiger partial charge on any atom is 2.00 e. The van der Waals surface area contributed by atoms with Gasteiger partial charge in [-0.05, 0) is 36.4 Å². The maximum atomic E-state index is 10.5. The van der Waals surface area contributed by atoms with Crippen molar-refractivity contribution in [2.45, 2.75) is 19.8 Å². The quantitative estimate of drug-likeness (QED) is 0.523. The van der Waals surface area contributed by atoms with E-state index in [0.29, 0.717) is 11.5 Å². The van der Waals surface area contributed by atoms with Crippen LogP contribution in [-0.4, -0.2) is 10.2 Å². The third-order valence-electron chi connectivity index (χ3n) is 3.99. The number of benzene rings is 2. The number of rotatable bonds is 3. The van der Waals surface area contributed by atoms with Crippen LogP contribution in [0.1, 0.15) is 33.0 Å². The van der Waals surface area contributed by atoms with E-state index in [1.807, 2.05) is 67.8 Å². The van der Waals surface area contributed by atoms with Gasteiger partial charge in [0.05, 0.1) is 5.92 Å². The van der Waals surface area contributed by atoms with Gasteiger partial charge in [0.25, 0.3) is 0 Å². The number of aromatic hydroxyl groups is 2. The molecular formula is C19H18Cl2O2STi. The number of aryl methyl sites for hydroxylation is 2. The van der Waals surface area contributed by atoms with Gasteiger partial charge in [0.15, 0.2) is 0 Å². The van der Waals surface area contributed by atoms with Crippen LogP contribution < -0.4 is 24.8 Å². The van der Waals surface area contributed by atoms with E-state index >= 15 is 0 Å². The van der Waals surface area contributed by atoms with E-state index in [4.69, 9.17) is 0 Å². The minimum atomic E-state index is -0.167. The van der Waals surface area contributed by atoms with Crippen molar-refractivity contribution < 1.29 is 56.7 Å². The second kappa shape index (κ2) is 10.2. The minimum Gasteiger partial charge on any atom is -1.00 e. The molecule has 2 N–H and O–H groups in total. The van der Waals surface area contributed by atoms with Crippen LogP contribution in [0.25, 0.3) is 0 Å². The van der Waals surface area contributed by atoms with E-state index < -0.39 is 0 Å². The van der Waals surface area contributed by atoms with E-state index in [1.54, 1.807) is 11.3 Å². The number of phenolic OH excluding ortho intramolecular Hbond substituents is 2. The van der Waals surface area contributed by atoms with Gasteiger partial charge in [0, 0.05) is 16.0 Å². The van der Waals surface area contributed by atoms with Crippen LogP contribution in [0.4, 0.5) is 0 Å². The van der Waals surface area contributed by atoms with Crippen LogP contribution in [0.15, 0.2) is 53.9 Å². The van der Waals surface area contributed by atoms with Gasteiger partial charge < -0.3 is 35.0 Å². The standard InChI is InChI=1S/C19H18O2S.2ClH.Ti/c1-12-6-3-8-14(18(12)20)17(16-10-5-11-22-16)15-9-4-7-13(2)19(15)21;;;/h3-11,17,20-21H,1-2H3;2*1H;/q;;;+2/p-2. The molecule has 0 amide bonds. The Morgan fingerprint density at radius 1 is 0.760 bits per heavy atom. The van der Waals surface area contributed by atoms with Gasteiger partial charge in [0.2, 0.25) is 0 Å². The van der Waals surface area contributed by atoms with Gasteiger partial charge in [0.1, 0.15) is 11.5 Å². The predicted molar refractivity (Wildman–Crippen MR) is 91.0 cm³/mol. The molecule has 1 aromatic heterocycles. The fourth-order valence-electron chi connectivity index (χ4n) is 2.76. The molecule has 0 bridgehead atoms. The number of phenols is 2. The molecule has 0 atom stereocenters. The molecule has 6 heteroatoms. The molecule has 2 aromatic carbocycles. The van der Waals surface area contributed by atoms with Crippen molar-refractivity contribution >= 4 is 11.3 Å². The van der Waals surface area contributed by atoms with Crippen LogP contribution in [0.3, 0.4) is 0 Å². The van der Waals surface area contributed by atoms with Crippen LogP contribution in [0.2, 0.25) is 0 Å². The van der Waals surface area contributed by atoms with Crippen LogP contribution in [0, 0.1) is 13.8 Å². The molecule has 0 aliphatic rings. The first-order chi connectivity index (χ1) is 10.6. The fraction of sp³-hybridized carbons (Fsp3) is 0.158. The summed E-state index contributed by atoms with van der Waals surface area (Å²) in [6.07, 6.45) is 0. The topological polar surface area (TPSA) is 40.5 Å². The summed E-state index contributed by atoms with van der Waals surface area (Å²) in [4.78, 5) is 1.10. The van der Waals surface area contributed by atoms with E-state index in [2.05, 4.69) is 0 Å². The maximum absolute atomic E-state index is 10.5. The summed E-state index contributed by atoms with van der Waals surface area (Å²) in [5.41, 5.74) is 3.32. The molecule has 0 aliphatic heterocycles. The summed E-state index contributed by atoms with van der Waals surface area (Å²) in [6.45, 7) is 3.78. The molecule has 3 rings (SSSR count). The van der Waals surface area contributed by atoms with Gasteiger partial charge in [-0.25, -0.2) is 0 Å². The number of hydrogen-bond donors (Lipinski definition) is 2. The third kappa shape index (κ3) is 4.81. The summed E-state index contributed by atoms with van der Waals surface area (Å²) in [7, 11) is 0. The molecular weight excluding hydrogens is 411 g/mol. The molecule has 0 unspecified atom stereocenters. The molecule has 25 heavy (non-hydrogen) atoms. The van der Waals surface area contributed by atoms with E-state index in [9.17, 15) is 10.2 Å². The Morgan fingerprint density at radius 2 is 1.24 bits per heavy atom. The molecule has 0 aliphatic carbocycles. The van der Waals surface area contributed by atoms with E-state index in [0.717, 1.165) is 27.1 Å². The molecule has 0 spiro atoms. The minimum absolute atomic E-state index is 0. The Bertz CT molecular complexity index is 756. The molecule has 0 saturated heterocycles. The Balaban J connectivity index is 0.00000192. The first-order valence-electron chi connectivity index (χ1n) is 7.20. The van der Waals surface area contributed by atoms with Crippen molar-refractivity contribution in [1.29, 1.82) is 0 Å². The zero-order chi connectivity index (χ0) is 15.7. The van der Waals surface area contributed by atoms with Crippen molar-refractivity contribution in [1.82, 2.24) is 0 Å².